The maximum atomic E-state index is 13.0. The van der Waals surface area contributed by atoms with E-state index in [9.17, 15) is 9.90 Å². The highest BCUT2D eigenvalue weighted by atomic mass is 16.5. The van der Waals surface area contributed by atoms with Gasteiger partial charge in [-0.15, -0.1) is 0 Å². The van der Waals surface area contributed by atoms with Crippen LogP contribution in [0.25, 0.3) is 5.69 Å². The van der Waals surface area contributed by atoms with E-state index < -0.39 is 6.10 Å². The number of imidazole rings is 1. The summed E-state index contributed by atoms with van der Waals surface area (Å²) in [6, 6.07) is 11.9. The number of hydrogen-bond donors (Lipinski definition) is 2. The van der Waals surface area contributed by atoms with E-state index >= 15 is 0 Å². The molecule has 38 heavy (non-hydrogen) atoms. The molecule has 1 fully saturated rings. The number of rotatable bonds is 9. The summed E-state index contributed by atoms with van der Waals surface area (Å²) >= 11 is 0. The van der Waals surface area contributed by atoms with E-state index in [0.717, 1.165) is 31.9 Å². The lowest BCUT2D eigenvalue weighted by Crippen LogP contribution is -2.50. The van der Waals surface area contributed by atoms with Crippen LogP contribution in [-0.4, -0.2) is 85.1 Å². The summed E-state index contributed by atoms with van der Waals surface area (Å²) in [7, 11) is 3.20. The Balaban J connectivity index is 1.33. The van der Waals surface area contributed by atoms with Gasteiger partial charge in [-0.25, -0.2) is 4.98 Å². The van der Waals surface area contributed by atoms with Crippen LogP contribution in [0.15, 0.2) is 36.4 Å². The molecule has 1 aliphatic rings. The van der Waals surface area contributed by atoms with Crippen molar-refractivity contribution in [1.29, 1.82) is 0 Å². The summed E-state index contributed by atoms with van der Waals surface area (Å²) < 4.78 is 12.7. The highest BCUT2D eigenvalue weighted by Gasteiger charge is 2.23. The van der Waals surface area contributed by atoms with Crippen molar-refractivity contribution < 1.29 is 19.4 Å². The Hall–Kier alpha value is -3.56. The average Bonchev–Trinajstić information content (AvgIpc) is 3.22. The van der Waals surface area contributed by atoms with Gasteiger partial charge >= 0.3 is 0 Å². The average molecular weight is 522 g/mol. The van der Waals surface area contributed by atoms with Crippen LogP contribution < -0.4 is 19.7 Å². The lowest BCUT2D eigenvalue weighted by Gasteiger charge is -2.37. The molecule has 3 aromatic rings. The zero-order valence-electron chi connectivity index (χ0n) is 23.2. The number of β-amino-alcohol motifs (C(OH)–C–C–N with tert-alkyl or cyclic N) is 1. The molecule has 1 unspecified atom stereocenters. The van der Waals surface area contributed by atoms with E-state index in [0.29, 0.717) is 35.3 Å². The van der Waals surface area contributed by atoms with E-state index in [2.05, 4.69) is 52.1 Å². The molecule has 9 heteroatoms. The highest BCUT2D eigenvalue weighted by Crippen LogP contribution is 2.30. The summed E-state index contributed by atoms with van der Waals surface area (Å²) in [4.78, 5) is 22.2. The maximum Gasteiger partial charge on any atom is 0.271 e. The summed E-state index contributed by atoms with van der Waals surface area (Å²) in [5, 5.41) is 13.5. The number of methoxy groups -OCH3 is 2. The number of amides is 1. The molecule has 1 aromatic heterocycles. The van der Waals surface area contributed by atoms with E-state index in [1.54, 1.807) is 20.3 Å². The fourth-order valence-electron chi connectivity index (χ4n) is 5.09. The zero-order valence-corrected chi connectivity index (χ0v) is 23.2. The molecule has 204 valence electrons. The van der Waals surface area contributed by atoms with E-state index in [-0.39, 0.29) is 12.5 Å². The van der Waals surface area contributed by atoms with Crippen molar-refractivity contribution >= 4 is 11.6 Å². The summed E-state index contributed by atoms with van der Waals surface area (Å²) in [6.07, 6.45) is -0.670. The second-order valence-electron chi connectivity index (χ2n) is 9.84. The van der Waals surface area contributed by atoms with Crippen LogP contribution >= 0.6 is 0 Å². The van der Waals surface area contributed by atoms with Gasteiger partial charge in [-0.3, -0.25) is 14.3 Å². The van der Waals surface area contributed by atoms with Crippen molar-refractivity contribution in [2.75, 3.05) is 58.4 Å². The number of aromatic nitrogens is 2. The van der Waals surface area contributed by atoms with Crippen LogP contribution in [0.4, 0.5) is 5.69 Å². The number of aliphatic hydroxyl groups excluding tert-OH is 1. The number of nitrogens with zero attached hydrogens (tertiary/aromatic N) is 4. The molecule has 4 rings (SSSR count). The lowest BCUT2D eigenvalue weighted by molar-refractivity contribution is 0.0847. The molecule has 2 heterocycles. The van der Waals surface area contributed by atoms with E-state index in [4.69, 9.17) is 9.47 Å². The third-order valence-corrected chi connectivity index (χ3v) is 7.37. The number of hydrogen-bond acceptors (Lipinski definition) is 7. The van der Waals surface area contributed by atoms with Crippen molar-refractivity contribution in [1.82, 2.24) is 19.8 Å². The number of piperazine rings is 1. The Morgan fingerprint density at radius 1 is 1.03 bits per heavy atom. The minimum absolute atomic E-state index is 0.160. The third-order valence-electron chi connectivity index (χ3n) is 7.37. The first-order chi connectivity index (χ1) is 18.2. The number of aryl methyl sites for hydroxylation is 2. The summed E-state index contributed by atoms with van der Waals surface area (Å²) in [5.41, 5.74) is 5.71. The highest BCUT2D eigenvalue weighted by molar-refractivity contribution is 5.93. The minimum Gasteiger partial charge on any atom is -0.497 e. The normalized spacial score (nSPS) is 14.9. The first-order valence-corrected chi connectivity index (χ1v) is 13.0. The number of carbonyl (C=O) groups excluding carboxylic acids is 1. The molecule has 2 N–H and O–H groups in total. The fraction of sp³-hybridized carbons (Fsp3) is 0.448. The van der Waals surface area contributed by atoms with Gasteiger partial charge < -0.3 is 24.8 Å². The molecule has 1 amide bonds. The molecule has 2 aromatic carbocycles. The van der Waals surface area contributed by atoms with Gasteiger partial charge in [0.15, 0.2) is 0 Å². The number of nitrogens with one attached hydrogen (secondary N) is 1. The molecule has 0 radical (unpaired) electrons. The lowest BCUT2D eigenvalue weighted by atomic mass is 10.1. The Kier molecular flexibility index (Phi) is 8.58. The van der Waals surface area contributed by atoms with Gasteiger partial charge in [0.05, 0.1) is 31.7 Å². The monoisotopic (exact) mass is 521 g/mol. The van der Waals surface area contributed by atoms with Crippen LogP contribution in [0.1, 0.15) is 33.1 Å². The molecule has 0 spiro atoms. The molecule has 0 saturated carbocycles. The van der Waals surface area contributed by atoms with Crippen molar-refractivity contribution in [3.05, 3.63) is 64.7 Å². The SMILES string of the molecule is COc1ccc(-n2c(C)nc(C(=O)NCC(O)CN3CCN(c4cccc(C)c4C)CC3)c2C)c(OC)c1. The molecule has 1 saturated heterocycles. The second kappa shape index (κ2) is 11.9. The quantitative estimate of drug-likeness (QED) is 0.447. The molecule has 1 aliphatic heterocycles. The van der Waals surface area contributed by atoms with Gasteiger partial charge in [-0.2, -0.15) is 0 Å². The molecular weight excluding hydrogens is 482 g/mol. The van der Waals surface area contributed by atoms with Crippen LogP contribution in [0.3, 0.4) is 0 Å². The fourth-order valence-corrected chi connectivity index (χ4v) is 5.09. The predicted molar refractivity (Wildman–Crippen MR) is 149 cm³/mol. The van der Waals surface area contributed by atoms with Gasteiger partial charge in [0.2, 0.25) is 0 Å². The third kappa shape index (κ3) is 5.79. The largest absolute Gasteiger partial charge is 0.497 e. The van der Waals surface area contributed by atoms with E-state index in [1.165, 1.54) is 16.8 Å². The minimum atomic E-state index is -0.670. The van der Waals surface area contributed by atoms with Crippen molar-refractivity contribution in [3.63, 3.8) is 0 Å². The Labute approximate surface area is 225 Å². The molecule has 0 aliphatic carbocycles. The summed E-state index contributed by atoms with van der Waals surface area (Å²) in [6.45, 7) is 12.2. The Morgan fingerprint density at radius 2 is 1.76 bits per heavy atom. The number of carbonyl (C=O) groups is 1. The van der Waals surface area contributed by atoms with Crippen molar-refractivity contribution in [2.24, 2.45) is 0 Å². The maximum absolute atomic E-state index is 13.0. The van der Waals surface area contributed by atoms with Gasteiger partial charge in [0, 0.05) is 51.0 Å². The number of benzene rings is 2. The predicted octanol–water partition coefficient (Wildman–Crippen LogP) is 3.04. The van der Waals surface area contributed by atoms with Gasteiger partial charge in [0.25, 0.3) is 5.91 Å². The molecule has 1 atom stereocenters. The summed E-state index contributed by atoms with van der Waals surface area (Å²) in [5.74, 6) is 1.65. The Bertz CT molecular complexity index is 1280. The first-order valence-electron chi connectivity index (χ1n) is 13.0. The van der Waals surface area contributed by atoms with Crippen LogP contribution in [0.5, 0.6) is 11.5 Å². The number of aliphatic hydroxyl groups is 1. The number of anilines is 1. The van der Waals surface area contributed by atoms with E-state index in [1.807, 2.05) is 30.5 Å². The second-order valence-corrected chi connectivity index (χ2v) is 9.84. The molecule has 0 bridgehead atoms. The molecular formula is C29H39N5O4. The standard InChI is InChI=1S/C29H39N5O4/c1-19-8-7-9-25(20(19)2)33-14-12-32(13-15-33)18-23(35)17-30-29(36)28-21(3)34(22(4)31-28)26-11-10-24(37-5)16-27(26)38-6/h7-11,16,23,35H,12-15,17-18H2,1-6H3,(H,30,36). The van der Waals surface area contributed by atoms with Gasteiger partial charge in [0.1, 0.15) is 23.0 Å². The first kappa shape index (κ1) is 27.5. The number of ether oxygens (including phenoxy) is 2. The van der Waals surface area contributed by atoms with Gasteiger partial charge in [-0.1, -0.05) is 12.1 Å². The molecule has 9 nitrogen and oxygen atoms in total. The topological polar surface area (TPSA) is 92.1 Å². The van der Waals surface area contributed by atoms with Crippen molar-refractivity contribution in [2.45, 2.75) is 33.8 Å². The zero-order chi connectivity index (χ0) is 27.4. The van der Waals surface area contributed by atoms with Crippen LogP contribution in [-0.2, 0) is 0 Å². The smallest absolute Gasteiger partial charge is 0.271 e. The van der Waals surface area contributed by atoms with Gasteiger partial charge in [-0.05, 0) is 57.0 Å². The Morgan fingerprint density at radius 3 is 2.45 bits per heavy atom. The van der Waals surface area contributed by atoms with Crippen molar-refractivity contribution in [3.8, 4) is 17.2 Å². The van der Waals surface area contributed by atoms with Crippen LogP contribution in [0.2, 0.25) is 0 Å². The van der Waals surface area contributed by atoms with Crippen LogP contribution in [0, 0.1) is 27.7 Å².